The van der Waals surface area contributed by atoms with Gasteiger partial charge in [-0.15, -0.1) is 0 Å². The van der Waals surface area contributed by atoms with Crippen molar-refractivity contribution >= 4 is 36.3 Å². The van der Waals surface area contributed by atoms with E-state index in [-0.39, 0.29) is 12.2 Å². The molecule has 0 heterocycles. The molecule has 0 saturated heterocycles. The van der Waals surface area contributed by atoms with Crippen LogP contribution in [-0.2, 0) is 19.2 Å². The maximum absolute atomic E-state index is 12.1. The summed E-state index contributed by atoms with van der Waals surface area (Å²) in [6.45, 7) is 1.06. The molecule has 11 nitrogen and oxygen atoms in total. The number of rotatable bonds is 13. The highest BCUT2D eigenvalue weighted by Gasteiger charge is 2.27. The first-order chi connectivity index (χ1) is 12.7. The van der Waals surface area contributed by atoms with E-state index < -0.39 is 54.5 Å². The molecule has 4 atom stereocenters. The van der Waals surface area contributed by atoms with Crippen LogP contribution in [0.15, 0.2) is 0 Å². The Morgan fingerprint density at radius 1 is 1.00 bits per heavy atom. The number of thiol groups is 1. The maximum Gasteiger partial charge on any atom is 0.326 e. The number of carboxylic acids is 1. The second-order valence-electron chi connectivity index (χ2n) is 5.95. The molecule has 0 rings (SSSR count). The summed E-state index contributed by atoms with van der Waals surface area (Å²) in [5.41, 5.74) is 10.8. The quantitative estimate of drug-likeness (QED) is 0.116. The van der Waals surface area contributed by atoms with Crippen molar-refractivity contribution in [3.05, 3.63) is 0 Å². The smallest absolute Gasteiger partial charge is 0.326 e. The van der Waals surface area contributed by atoms with E-state index in [2.05, 4.69) is 28.6 Å². The number of carbonyl (C=O) groups excluding carboxylic acids is 3. The van der Waals surface area contributed by atoms with Gasteiger partial charge in [0.25, 0.3) is 0 Å². The fourth-order valence-electron chi connectivity index (χ4n) is 1.98. The average molecular weight is 407 g/mol. The normalized spacial score (nSPS) is 15.1. The molecule has 0 aliphatic rings. The molecule has 0 aromatic heterocycles. The largest absolute Gasteiger partial charge is 0.480 e. The average Bonchev–Trinajstić information content (AvgIpc) is 2.63. The van der Waals surface area contributed by atoms with Gasteiger partial charge in [0.2, 0.25) is 17.7 Å². The number of aliphatic hydroxyl groups is 1. The number of aliphatic hydroxyl groups excluding tert-OH is 1. The molecular formula is C15H29N5O6S. The van der Waals surface area contributed by atoms with Crippen molar-refractivity contribution in [2.24, 2.45) is 11.5 Å². The Hall–Kier alpha value is -1.89. The molecular weight excluding hydrogens is 378 g/mol. The van der Waals surface area contributed by atoms with Gasteiger partial charge < -0.3 is 37.6 Å². The van der Waals surface area contributed by atoms with Crippen molar-refractivity contribution in [3.63, 3.8) is 0 Å². The van der Waals surface area contributed by atoms with Crippen LogP contribution >= 0.6 is 12.6 Å². The predicted octanol–water partition coefficient (Wildman–Crippen LogP) is -3.08. The molecule has 0 radical (unpaired) electrons. The van der Waals surface area contributed by atoms with E-state index in [1.54, 1.807) is 0 Å². The maximum atomic E-state index is 12.1. The van der Waals surface area contributed by atoms with E-state index in [0.29, 0.717) is 19.4 Å². The fraction of sp³-hybridized carbons (Fsp3) is 0.733. The van der Waals surface area contributed by atoms with Crippen LogP contribution < -0.4 is 27.4 Å². The van der Waals surface area contributed by atoms with E-state index >= 15 is 0 Å². The number of unbranched alkanes of at least 4 members (excludes halogenated alkanes) is 1. The number of nitrogens with one attached hydrogen (secondary N) is 3. The monoisotopic (exact) mass is 407 g/mol. The summed E-state index contributed by atoms with van der Waals surface area (Å²) in [5.74, 6) is -3.35. The number of amides is 3. The van der Waals surface area contributed by atoms with Gasteiger partial charge in [0.05, 0.1) is 12.6 Å². The molecule has 4 unspecified atom stereocenters. The summed E-state index contributed by atoms with van der Waals surface area (Å²) in [7, 11) is 0. The van der Waals surface area contributed by atoms with Crippen LogP contribution in [0.1, 0.15) is 26.2 Å². The third-order valence-corrected chi connectivity index (χ3v) is 4.06. The second-order valence-corrected chi connectivity index (χ2v) is 6.31. The third-order valence-electron chi connectivity index (χ3n) is 3.66. The van der Waals surface area contributed by atoms with Gasteiger partial charge >= 0.3 is 5.97 Å². The lowest BCUT2D eigenvalue weighted by Crippen LogP contribution is -2.57. The highest BCUT2D eigenvalue weighted by molar-refractivity contribution is 7.80. The lowest BCUT2D eigenvalue weighted by Gasteiger charge is -2.22. The zero-order valence-electron chi connectivity index (χ0n) is 15.2. The van der Waals surface area contributed by atoms with Gasteiger partial charge in [-0.25, -0.2) is 4.79 Å². The Morgan fingerprint density at radius 2 is 1.59 bits per heavy atom. The first-order valence-corrected chi connectivity index (χ1v) is 9.12. The molecule has 156 valence electrons. The lowest BCUT2D eigenvalue weighted by atomic mass is 10.1. The summed E-state index contributed by atoms with van der Waals surface area (Å²) in [5, 5.41) is 25.3. The minimum atomic E-state index is -1.31. The van der Waals surface area contributed by atoms with E-state index in [1.807, 2.05) is 0 Å². The molecule has 12 heteroatoms. The zero-order valence-corrected chi connectivity index (χ0v) is 16.1. The lowest BCUT2D eigenvalue weighted by molar-refractivity contribution is -0.142. The molecule has 0 saturated carbocycles. The van der Waals surface area contributed by atoms with Gasteiger partial charge in [-0.2, -0.15) is 12.6 Å². The van der Waals surface area contributed by atoms with E-state index in [4.69, 9.17) is 16.6 Å². The number of hydrogen-bond acceptors (Lipinski definition) is 8. The van der Waals surface area contributed by atoms with E-state index in [1.165, 1.54) is 6.92 Å². The second kappa shape index (κ2) is 13.3. The van der Waals surface area contributed by atoms with Crippen LogP contribution in [0.5, 0.6) is 0 Å². The van der Waals surface area contributed by atoms with Gasteiger partial charge in [-0.05, 0) is 32.7 Å². The van der Waals surface area contributed by atoms with Crippen LogP contribution in [0, 0.1) is 0 Å². The van der Waals surface area contributed by atoms with Crippen molar-refractivity contribution in [1.82, 2.24) is 16.0 Å². The molecule has 0 fully saturated rings. The fourth-order valence-corrected chi connectivity index (χ4v) is 2.15. The number of hydrogen-bond donors (Lipinski definition) is 8. The van der Waals surface area contributed by atoms with Crippen LogP contribution in [0.2, 0.25) is 0 Å². The Labute approximate surface area is 163 Å². The molecule has 0 spiro atoms. The van der Waals surface area contributed by atoms with Gasteiger partial charge in [0, 0.05) is 5.75 Å². The first-order valence-electron chi connectivity index (χ1n) is 8.49. The minimum absolute atomic E-state index is 0.0468. The standard InChI is InChI=1S/C15H29N5O6S/c1-8(12(22)19-10(15(25)26)4-2-3-5-16)18-14(24)11(6-21)20-13(23)9(17)7-27/h8-11,21,27H,2-7,16-17H2,1H3,(H,18,24)(H,19,22)(H,20,23)(H,25,26). The van der Waals surface area contributed by atoms with Crippen molar-refractivity contribution in [3.8, 4) is 0 Å². The van der Waals surface area contributed by atoms with Gasteiger partial charge in [0.15, 0.2) is 0 Å². The first kappa shape index (κ1) is 25.1. The van der Waals surface area contributed by atoms with Crippen molar-refractivity contribution in [2.75, 3.05) is 18.9 Å². The summed E-state index contributed by atoms with van der Waals surface area (Å²) < 4.78 is 0. The summed E-state index contributed by atoms with van der Waals surface area (Å²) >= 11 is 3.86. The highest BCUT2D eigenvalue weighted by Crippen LogP contribution is 2.01. The molecule has 9 N–H and O–H groups in total. The molecule has 3 amide bonds. The topological polar surface area (TPSA) is 197 Å². The number of aliphatic carboxylic acids is 1. The predicted molar refractivity (Wildman–Crippen MR) is 101 cm³/mol. The zero-order chi connectivity index (χ0) is 21.0. The van der Waals surface area contributed by atoms with E-state index in [0.717, 1.165) is 0 Å². The van der Waals surface area contributed by atoms with Gasteiger partial charge in [-0.1, -0.05) is 0 Å². The van der Waals surface area contributed by atoms with Gasteiger partial charge in [-0.3, -0.25) is 14.4 Å². The summed E-state index contributed by atoms with van der Waals surface area (Å²) in [6.07, 6.45) is 1.35. The summed E-state index contributed by atoms with van der Waals surface area (Å²) in [4.78, 5) is 47.1. The van der Waals surface area contributed by atoms with Crippen molar-refractivity contribution in [1.29, 1.82) is 0 Å². The molecule has 0 aliphatic carbocycles. The van der Waals surface area contributed by atoms with Crippen molar-refractivity contribution < 1.29 is 29.4 Å². The Kier molecular flexibility index (Phi) is 12.4. The Morgan fingerprint density at radius 3 is 2.07 bits per heavy atom. The number of carbonyl (C=O) groups is 4. The van der Waals surface area contributed by atoms with Crippen LogP contribution in [-0.4, -0.2) is 77.0 Å². The molecule has 27 heavy (non-hydrogen) atoms. The number of nitrogens with two attached hydrogens (primary N) is 2. The van der Waals surface area contributed by atoms with Crippen molar-refractivity contribution in [2.45, 2.75) is 50.4 Å². The molecule has 0 aliphatic heterocycles. The van der Waals surface area contributed by atoms with Crippen LogP contribution in [0.4, 0.5) is 0 Å². The van der Waals surface area contributed by atoms with E-state index in [9.17, 15) is 24.3 Å². The SMILES string of the molecule is CC(NC(=O)C(CO)NC(=O)C(N)CS)C(=O)NC(CCCCN)C(=O)O. The number of carboxylic acid groups (broad SMARTS) is 1. The molecule has 0 aromatic rings. The Balaban J connectivity index is 4.70. The molecule has 0 bridgehead atoms. The van der Waals surface area contributed by atoms with Crippen LogP contribution in [0.3, 0.4) is 0 Å². The van der Waals surface area contributed by atoms with Gasteiger partial charge in [0.1, 0.15) is 18.1 Å². The molecule has 0 aromatic carbocycles. The highest BCUT2D eigenvalue weighted by atomic mass is 32.1. The third kappa shape index (κ3) is 9.56. The summed E-state index contributed by atoms with van der Waals surface area (Å²) in [6, 6.07) is -4.46. The minimum Gasteiger partial charge on any atom is -0.480 e. The Bertz CT molecular complexity index is 521. The van der Waals surface area contributed by atoms with Crippen LogP contribution in [0.25, 0.3) is 0 Å².